The molecule has 2 N–H and O–H groups in total. The summed E-state index contributed by atoms with van der Waals surface area (Å²) in [6, 6.07) is 5.84. The van der Waals surface area contributed by atoms with E-state index >= 15 is 0 Å². The maximum absolute atomic E-state index is 4.61. The van der Waals surface area contributed by atoms with E-state index in [1.54, 1.807) is 11.3 Å². The Bertz CT molecular complexity index is 852. The van der Waals surface area contributed by atoms with Gasteiger partial charge in [0, 0.05) is 30.6 Å². The van der Waals surface area contributed by atoms with Gasteiger partial charge in [0.05, 0.1) is 10.7 Å². The zero-order valence-electron chi connectivity index (χ0n) is 15.2. The van der Waals surface area contributed by atoms with E-state index in [1.165, 1.54) is 4.88 Å². The van der Waals surface area contributed by atoms with Crippen LogP contribution in [0.4, 0.5) is 0 Å². The summed E-state index contributed by atoms with van der Waals surface area (Å²) in [4.78, 5) is 10.5. The van der Waals surface area contributed by atoms with E-state index in [1.807, 2.05) is 28.8 Å². The van der Waals surface area contributed by atoms with Crippen LogP contribution in [0.3, 0.4) is 0 Å². The van der Waals surface area contributed by atoms with Crippen LogP contribution in [0.5, 0.6) is 0 Å². The smallest absolute Gasteiger partial charge is 0.191 e. The highest BCUT2D eigenvalue weighted by Crippen LogP contribution is 2.16. The number of aromatic nitrogens is 4. The van der Waals surface area contributed by atoms with Crippen LogP contribution in [-0.2, 0) is 13.0 Å². The molecule has 7 nitrogen and oxygen atoms in total. The first-order valence-electron chi connectivity index (χ1n) is 8.41. The standard InChI is InChI=1S/C17H23N7S.HI/c1-4-18-17(19-9-8-16-21-12(2)13(3)25-16)20-11-15-23-22-14-7-5-6-10-24(14)15;/h5-7,10H,4,8-9,11H2,1-3H3,(H2,18,19,20);1H. The van der Waals surface area contributed by atoms with Gasteiger partial charge < -0.3 is 10.6 Å². The fraction of sp³-hybridized carbons (Fsp3) is 0.412. The minimum Gasteiger partial charge on any atom is -0.357 e. The third kappa shape index (κ3) is 5.13. The predicted octanol–water partition coefficient (Wildman–Crippen LogP) is 2.72. The van der Waals surface area contributed by atoms with Gasteiger partial charge in [-0.2, -0.15) is 0 Å². The van der Waals surface area contributed by atoms with Crippen LogP contribution < -0.4 is 10.6 Å². The second kappa shape index (κ2) is 9.81. The van der Waals surface area contributed by atoms with Gasteiger partial charge >= 0.3 is 0 Å². The third-order valence-corrected chi connectivity index (χ3v) is 4.94. The number of fused-ring (bicyclic) bond motifs is 1. The van der Waals surface area contributed by atoms with Crippen LogP contribution in [0.1, 0.15) is 28.3 Å². The monoisotopic (exact) mass is 485 g/mol. The molecule has 140 valence electrons. The van der Waals surface area contributed by atoms with Gasteiger partial charge in [-0.05, 0) is 32.9 Å². The number of guanidine groups is 1. The second-order valence-corrected chi connectivity index (χ2v) is 6.95. The van der Waals surface area contributed by atoms with Crippen LogP contribution in [0.15, 0.2) is 29.4 Å². The van der Waals surface area contributed by atoms with Crippen molar-refractivity contribution in [3.63, 3.8) is 0 Å². The molecular weight excluding hydrogens is 461 g/mol. The molecule has 26 heavy (non-hydrogen) atoms. The molecule has 0 saturated carbocycles. The molecular formula is C17H24IN7S. The lowest BCUT2D eigenvalue weighted by molar-refractivity contribution is 0.784. The first-order chi connectivity index (χ1) is 12.2. The minimum atomic E-state index is 0. The molecule has 0 fully saturated rings. The van der Waals surface area contributed by atoms with E-state index in [4.69, 9.17) is 0 Å². The molecule has 3 aromatic rings. The first-order valence-corrected chi connectivity index (χ1v) is 9.22. The van der Waals surface area contributed by atoms with Crippen molar-refractivity contribution in [3.05, 3.63) is 45.8 Å². The summed E-state index contributed by atoms with van der Waals surface area (Å²) >= 11 is 1.76. The Kier molecular flexibility index (Phi) is 7.76. The summed E-state index contributed by atoms with van der Waals surface area (Å²) in [5.41, 5.74) is 1.96. The molecule has 3 aromatic heterocycles. The Morgan fingerprint density at radius 2 is 2.08 bits per heavy atom. The molecule has 0 radical (unpaired) electrons. The molecule has 3 rings (SSSR count). The highest BCUT2D eigenvalue weighted by molar-refractivity contribution is 14.0. The Morgan fingerprint density at radius 1 is 1.23 bits per heavy atom. The maximum atomic E-state index is 4.61. The zero-order valence-corrected chi connectivity index (χ0v) is 18.3. The van der Waals surface area contributed by atoms with Gasteiger partial charge in [-0.25, -0.2) is 9.98 Å². The fourth-order valence-electron chi connectivity index (χ4n) is 2.42. The minimum absolute atomic E-state index is 0. The molecule has 0 aliphatic heterocycles. The summed E-state index contributed by atoms with van der Waals surface area (Å²) in [6.45, 7) is 8.28. The van der Waals surface area contributed by atoms with Gasteiger partial charge in [0.1, 0.15) is 6.54 Å². The van der Waals surface area contributed by atoms with Gasteiger partial charge in [0.2, 0.25) is 0 Å². The first kappa shape index (κ1) is 20.6. The Hall–Kier alpha value is -1.75. The molecule has 0 amide bonds. The van der Waals surface area contributed by atoms with Crippen LogP contribution >= 0.6 is 35.3 Å². The van der Waals surface area contributed by atoms with Gasteiger partial charge in [-0.1, -0.05) is 6.07 Å². The van der Waals surface area contributed by atoms with Gasteiger partial charge in [0.15, 0.2) is 17.4 Å². The number of rotatable bonds is 6. The van der Waals surface area contributed by atoms with Crippen molar-refractivity contribution < 1.29 is 0 Å². The van der Waals surface area contributed by atoms with Crippen molar-refractivity contribution in [2.75, 3.05) is 13.1 Å². The second-order valence-electron chi connectivity index (χ2n) is 5.67. The van der Waals surface area contributed by atoms with E-state index < -0.39 is 0 Å². The van der Waals surface area contributed by atoms with Gasteiger partial charge in [-0.15, -0.1) is 45.5 Å². The third-order valence-electron chi connectivity index (χ3n) is 3.81. The summed E-state index contributed by atoms with van der Waals surface area (Å²) in [5, 5.41) is 16.1. The molecule has 0 atom stereocenters. The van der Waals surface area contributed by atoms with Gasteiger partial charge in [-0.3, -0.25) is 4.40 Å². The molecule has 0 bridgehead atoms. The lowest BCUT2D eigenvalue weighted by Gasteiger charge is -2.10. The maximum Gasteiger partial charge on any atom is 0.191 e. The quantitative estimate of drug-likeness (QED) is 0.319. The molecule has 0 unspecified atom stereocenters. The largest absolute Gasteiger partial charge is 0.357 e. The van der Waals surface area contributed by atoms with E-state index in [0.29, 0.717) is 6.54 Å². The van der Waals surface area contributed by atoms with Crippen molar-refractivity contribution in [3.8, 4) is 0 Å². The summed E-state index contributed by atoms with van der Waals surface area (Å²) < 4.78 is 1.95. The van der Waals surface area contributed by atoms with Crippen molar-refractivity contribution in [1.82, 2.24) is 30.2 Å². The fourth-order valence-corrected chi connectivity index (χ4v) is 3.36. The average Bonchev–Trinajstić information content (AvgIpc) is 3.16. The van der Waals surface area contributed by atoms with Crippen molar-refractivity contribution in [2.45, 2.75) is 33.7 Å². The number of nitrogens with one attached hydrogen (secondary N) is 2. The van der Waals surface area contributed by atoms with Crippen LogP contribution in [-0.4, -0.2) is 38.6 Å². The number of hydrogen-bond donors (Lipinski definition) is 2. The number of aryl methyl sites for hydroxylation is 2. The molecule has 0 aliphatic rings. The molecule has 0 spiro atoms. The van der Waals surface area contributed by atoms with E-state index in [-0.39, 0.29) is 24.0 Å². The van der Waals surface area contributed by atoms with Crippen molar-refractivity contribution >= 4 is 46.9 Å². The lowest BCUT2D eigenvalue weighted by Crippen LogP contribution is -2.38. The summed E-state index contributed by atoms with van der Waals surface area (Å²) in [5.74, 6) is 1.60. The number of pyridine rings is 1. The number of hydrogen-bond acceptors (Lipinski definition) is 5. The van der Waals surface area contributed by atoms with Crippen molar-refractivity contribution in [1.29, 1.82) is 0 Å². The molecule has 0 saturated heterocycles. The molecule has 3 heterocycles. The molecule has 9 heteroatoms. The highest BCUT2D eigenvalue weighted by Gasteiger charge is 2.06. The van der Waals surface area contributed by atoms with Gasteiger partial charge in [0.25, 0.3) is 0 Å². The van der Waals surface area contributed by atoms with Crippen LogP contribution in [0, 0.1) is 13.8 Å². The predicted molar refractivity (Wildman–Crippen MR) is 117 cm³/mol. The summed E-state index contributed by atoms with van der Waals surface area (Å²) in [6.07, 6.45) is 2.84. The lowest BCUT2D eigenvalue weighted by atomic mass is 10.4. The van der Waals surface area contributed by atoms with Crippen LogP contribution in [0.25, 0.3) is 5.65 Å². The number of aliphatic imine (C=N–C) groups is 1. The number of halogens is 1. The molecule has 0 aromatic carbocycles. The highest BCUT2D eigenvalue weighted by atomic mass is 127. The van der Waals surface area contributed by atoms with E-state index in [9.17, 15) is 0 Å². The number of nitrogens with zero attached hydrogens (tertiary/aromatic N) is 5. The average molecular weight is 485 g/mol. The summed E-state index contributed by atoms with van der Waals surface area (Å²) in [7, 11) is 0. The zero-order chi connectivity index (χ0) is 17.6. The van der Waals surface area contributed by atoms with Crippen LogP contribution in [0.2, 0.25) is 0 Å². The van der Waals surface area contributed by atoms with Crippen molar-refractivity contribution in [2.24, 2.45) is 4.99 Å². The molecule has 0 aliphatic carbocycles. The normalized spacial score (nSPS) is 11.4. The Morgan fingerprint density at radius 3 is 2.81 bits per heavy atom. The topological polar surface area (TPSA) is 79.5 Å². The Labute approximate surface area is 174 Å². The SMILES string of the molecule is CCNC(=NCc1nnc2ccccn12)NCCc1nc(C)c(C)s1.I. The van der Waals surface area contributed by atoms with E-state index in [0.717, 1.165) is 47.6 Å². The Balaban J connectivity index is 0.00000243. The number of thiazole rings is 1. The van der Waals surface area contributed by atoms with E-state index in [2.05, 4.69) is 51.6 Å².